The molecule has 0 atom stereocenters. The molecule has 0 saturated carbocycles. The van der Waals surface area contributed by atoms with Crippen LogP contribution in [0.5, 0.6) is 0 Å². The third kappa shape index (κ3) is 3.06. The molecule has 1 saturated heterocycles. The summed E-state index contributed by atoms with van der Waals surface area (Å²) in [7, 11) is 0. The number of amides is 1. The number of carbonyl (C=O) groups excluding carboxylic acids is 2. The average Bonchev–Trinajstić information content (AvgIpc) is 2.45. The Labute approximate surface area is 135 Å². The Balaban J connectivity index is 1.91. The predicted octanol–water partition coefficient (Wildman–Crippen LogP) is 0.973. The summed E-state index contributed by atoms with van der Waals surface area (Å²) < 4.78 is 45.0. The highest BCUT2D eigenvalue weighted by molar-refractivity contribution is 6.05. The summed E-state index contributed by atoms with van der Waals surface area (Å²) >= 11 is 0. The fourth-order valence-corrected chi connectivity index (χ4v) is 2.65. The number of primary amides is 1. The first-order valence-electron chi connectivity index (χ1n) is 7.20. The number of hydrogen-bond donors (Lipinski definition) is 1. The summed E-state index contributed by atoms with van der Waals surface area (Å²) in [5.41, 5.74) is 4.88. The Hall–Kier alpha value is -2.58. The van der Waals surface area contributed by atoms with Crippen LogP contribution in [0.2, 0.25) is 0 Å². The van der Waals surface area contributed by atoms with Crippen LogP contribution in [0.3, 0.4) is 0 Å². The Bertz CT molecular complexity index is 724. The average molecular weight is 341 g/mol. The molecule has 1 amide bonds. The van der Waals surface area contributed by atoms with Gasteiger partial charge in [0.25, 0.3) is 0 Å². The fraction of sp³-hybridized carbons (Fsp3) is 0.400. The van der Waals surface area contributed by atoms with Crippen LogP contribution < -0.4 is 10.6 Å². The van der Waals surface area contributed by atoms with Crippen LogP contribution in [-0.4, -0.2) is 43.8 Å². The first kappa shape index (κ1) is 16.3. The number of ether oxygens (including phenoxy) is 1. The maximum Gasteiger partial charge on any atom is 0.418 e. The van der Waals surface area contributed by atoms with E-state index in [1.807, 2.05) is 0 Å². The van der Waals surface area contributed by atoms with E-state index in [9.17, 15) is 22.8 Å². The lowest BCUT2D eigenvalue weighted by Crippen LogP contribution is -2.53. The monoisotopic (exact) mass is 341 g/mol. The molecule has 3 rings (SSSR count). The van der Waals surface area contributed by atoms with Gasteiger partial charge < -0.3 is 15.4 Å². The lowest BCUT2D eigenvalue weighted by atomic mass is 9.95. The zero-order chi connectivity index (χ0) is 17.5. The summed E-state index contributed by atoms with van der Waals surface area (Å²) in [5.74, 6) is -1.47. The standard InChI is InChI=1S/C15H14F3N3O3/c16-15(17,18)10-3-8(11-7-24-13(22)4-20-11)1-2-12(10)21-5-9(6-21)14(19)23/h1-3,9H,4-7H2,(H2,19,23). The van der Waals surface area contributed by atoms with Gasteiger partial charge in [-0.15, -0.1) is 0 Å². The van der Waals surface area contributed by atoms with E-state index in [1.165, 1.54) is 17.0 Å². The molecule has 24 heavy (non-hydrogen) atoms. The zero-order valence-electron chi connectivity index (χ0n) is 12.5. The van der Waals surface area contributed by atoms with Gasteiger partial charge in [0, 0.05) is 18.8 Å². The van der Waals surface area contributed by atoms with Gasteiger partial charge in [0.1, 0.15) is 13.2 Å². The molecule has 2 aliphatic rings. The Morgan fingerprint density at radius 3 is 2.58 bits per heavy atom. The molecule has 1 aromatic carbocycles. The van der Waals surface area contributed by atoms with Crippen molar-refractivity contribution in [2.45, 2.75) is 6.18 Å². The van der Waals surface area contributed by atoms with Crippen LogP contribution >= 0.6 is 0 Å². The first-order chi connectivity index (χ1) is 11.3. The van der Waals surface area contributed by atoms with E-state index in [0.29, 0.717) is 5.71 Å². The number of aliphatic imine (C=N–C) groups is 1. The van der Waals surface area contributed by atoms with E-state index in [-0.39, 0.29) is 37.5 Å². The molecule has 0 bridgehead atoms. The molecular formula is C15H14F3N3O3. The van der Waals surface area contributed by atoms with Crippen LogP contribution in [0.15, 0.2) is 23.2 Å². The van der Waals surface area contributed by atoms with Crippen molar-refractivity contribution in [1.82, 2.24) is 0 Å². The van der Waals surface area contributed by atoms with Gasteiger partial charge in [-0.05, 0) is 17.7 Å². The number of anilines is 1. The molecular weight excluding hydrogens is 327 g/mol. The molecule has 0 aromatic heterocycles. The second-order valence-electron chi connectivity index (χ2n) is 5.66. The summed E-state index contributed by atoms with van der Waals surface area (Å²) in [6.45, 7) is -0.0273. The van der Waals surface area contributed by atoms with E-state index in [2.05, 4.69) is 4.99 Å². The Morgan fingerprint density at radius 2 is 2.04 bits per heavy atom. The smallest absolute Gasteiger partial charge is 0.418 e. The molecule has 0 unspecified atom stereocenters. The summed E-state index contributed by atoms with van der Waals surface area (Å²) in [6, 6.07) is 3.83. The number of carbonyl (C=O) groups is 2. The lowest BCUT2D eigenvalue weighted by molar-refractivity contribution is -0.141. The van der Waals surface area contributed by atoms with Gasteiger partial charge in [-0.1, -0.05) is 6.07 Å². The topological polar surface area (TPSA) is 85.0 Å². The summed E-state index contributed by atoms with van der Waals surface area (Å²) in [5, 5.41) is 0. The van der Waals surface area contributed by atoms with Crippen LogP contribution in [-0.2, 0) is 20.5 Å². The second-order valence-corrected chi connectivity index (χ2v) is 5.66. The number of alkyl halides is 3. The van der Waals surface area contributed by atoms with Crippen molar-refractivity contribution in [2.75, 3.05) is 31.1 Å². The maximum atomic E-state index is 13.4. The fourth-order valence-electron chi connectivity index (χ4n) is 2.65. The van der Waals surface area contributed by atoms with Crippen molar-refractivity contribution in [3.05, 3.63) is 29.3 Å². The van der Waals surface area contributed by atoms with E-state index in [4.69, 9.17) is 10.5 Å². The van der Waals surface area contributed by atoms with Crippen molar-refractivity contribution in [2.24, 2.45) is 16.6 Å². The maximum absolute atomic E-state index is 13.4. The number of esters is 1. The summed E-state index contributed by atoms with van der Waals surface area (Å²) in [6.07, 6.45) is -4.56. The minimum absolute atomic E-state index is 0.00264. The minimum Gasteiger partial charge on any atom is -0.458 e. The van der Waals surface area contributed by atoms with Crippen molar-refractivity contribution in [3.63, 3.8) is 0 Å². The van der Waals surface area contributed by atoms with Crippen molar-refractivity contribution >= 4 is 23.3 Å². The highest BCUT2D eigenvalue weighted by Crippen LogP contribution is 2.39. The van der Waals surface area contributed by atoms with E-state index in [1.54, 1.807) is 0 Å². The van der Waals surface area contributed by atoms with Gasteiger partial charge in [-0.25, -0.2) is 0 Å². The molecule has 2 N–H and O–H groups in total. The van der Waals surface area contributed by atoms with Gasteiger partial charge in [-0.2, -0.15) is 13.2 Å². The van der Waals surface area contributed by atoms with Gasteiger partial charge >= 0.3 is 12.1 Å². The lowest BCUT2D eigenvalue weighted by Gasteiger charge is -2.40. The number of halogens is 3. The van der Waals surface area contributed by atoms with Crippen LogP contribution in [0.4, 0.5) is 18.9 Å². The third-order valence-electron chi connectivity index (χ3n) is 4.03. The molecule has 128 valence electrons. The van der Waals surface area contributed by atoms with Crippen molar-refractivity contribution in [1.29, 1.82) is 0 Å². The first-order valence-corrected chi connectivity index (χ1v) is 7.20. The molecule has 2 aliphatic heterocycles. The quantitative estimate of drug-likeness (QED) is 0.831. The largest absolute Gasteiger partial charge is 0.458 e. The van der Waals surface area contributed by atoms with Crippen molar-refractivity contribution in [3.8, 4) is 0 Å². The molecule has 2 heterocycles. The van der Waals surface area contributed by atoms with Crippen molar-refractivity contribution < 1.29 is 27.5 Å². The Morgan fingerprint density at radius 1 is 1.33 bits per heavy atom. The zero-order valence-corrected chi connectivity index (χ0v) is 12.5. The molecule has 0 spiro atoms. The van der Waals surface area contributed by atoms with Gasteiger partial charge in [0.15, 0.2) is 0 Å². The van der Waals surface area contributed by atoms with Gasteiger partial charge in [-0.3, -0.25) is 14.6 Å². The predicted molar refractivity (Wildman–Crippen MR) is 78.7 cm³/mol. The van der Waals surface area contributed by atoms with Gasteiger partial charge in [0.2, 0.25) is 5.91 Å². The number of nitrogens with two attached hydrogens (primary N) is 1. The molecule has 9 heteroatoms. The number of rotatable bonds is 3. The SMILES string of the molecule is NC(=O)C1CN(c2ccc(C3=NCC(=O)OC3)cc2C(F)(F)F)C1. The third-order valence-corrected chi connectivity index (χ3v) is 4.03. The molecule has 6 nitrogen and oxygen atoms in total. The number of hydrogen-bond acceptors (Lipinski definition) is 5. The highest BCUT2D eigenvalue weighted by Gasteiger charge is 2.39. The minimum atomic E-state index is -4.56. The van der Waals surface area contributed by atoms with E-state index < -0.39 is 29.5 Å². The van der Waals surface area contributed by atoms with Crippen LogP contribution in [0.25, 0.3) is 0 Å². The van der Waals surface area contributed by atoms with Crippen LogP contribution in [0.1, 0.15) is 11.1 Å². The molecule has 0 radical (unpaired) electrons. The highest BCUT2D eigenvalue weighted by atomic mass is 19.4. The van der Waals surface area contributed by atoms with Crippen LogP contribution in [0, 0.1) is 5.92 Å². The summed E-state index contributed by atoms with van der Waals surface area (Å²) in [4.78, 5) is 27.4. The number of benzene rings is 1. The normalized spacial score (nSPS) is 18.7. The second kappa shape index (κ2) is 5.81. The molecule has 1 fully saturated rings. The van der Waals surface area contributed by atoms with Gasteiger partial charge in [0.05, 0.1) is 17.2 Å². The van der Waals surface area contributed by atoms with E-state index in [0.717, 1.165) is 6.07 Å². The van der Waals surface area contributed by atoms with E-state index >= 15 is 0 Å². The Kier molecular flexibility index (Phi) is 3.94. The number of cyclic esters (lactones) is 1. The number of nitrogens with zero attached hydrogens (tertiary/aromatic N) is 2. The molecule has 1 aromatic rings. The molecule has 0 aliphatic carbocycles.